The number of amides is 1. The molecule has 2 atom stereocenters. The molecule has 2 rings (SSSR count). The average molecular weight is 276 g/mol. The number of nitrogens with zero attached hydrogens (tertiary/aromatic N) is 1. The number of nitrogens with two attached hydrogens (primary N) is 1. The lowest BCUT2D eigenvalue weighted by Crippen LogP contribution is -2.34. The highest BCUT2D eigenvalue weighted by atomic mass is 16.5. The Bertz CT molecular complexity index is 444. The molecule has 4 nitrogen and oxygen atoms in total. The molecule has 0 unspecified atom stereocenters. The Labute approximate surface area is 120 Å². The minimum absolute atomic E-state index is 0.235. The van der Waals surface area contributed by atoms with Gasteiger partial charge < -0.3 is 15.4 Å². The lowest BCUT2D eigenvalue weighted by atomic mass is 9.97. The van der Waals surface area contributed by atoms with Crippen molar-refractivity contribution in [2.75, 3.05) is 20.2 Å². The van der Waals surface area contributed by atoms with Crippen molar-refractivity contribution in [1.29, 1.82) is 0 Å². The van der Waals surface area contributed by atoms with Gasteiger partial charge in [-0.1, -0.05) is 12.1 Å². The molecule has 0 saturated carbocycles. The summed E-state index contributed by atoms with van der Waals surface area (Å²) >= 11 is 0. The van der Waals surface area contributed by atoms with Crippen LogP contribution in [-0.4, -0.2) is 37.0 Å². The summed E-state index contributed by atoms with van der Waals surface area (Å²) < 4.78 is 5.18. The predicted octanol–water partition coefficient (Wildman–Crippen LogP) is 2.14. The van der Waals surface area contributed by atoms with Gasteiger partial charge in [0.25, 0.3) is 0 Å². The molecule has 20 heavy (non-hydrogen) atoms. The highest BCUT2D eigenvalue weighted by Gasteiger charge is 2.32. The van der Waals surface area contributed by atoms with Gasteiger partial charge in [-0.15, -0.1) is 0 Å². The molecule has 1 aromatic carbocycles. The van der Waals surface area contributed by atoms with Gasteiger partial charge in [0, 0.05) is 24.9 Å². The van der Waals surface area contributed by atoms with Crippen molar-refractivity contribution in [3.05, 3.63) is 29.8 Å². The van der Waals surface area contributed by atoms with Crippen LogP contribution in [0.1, 0.15) is 37.7 Å². The van der Waals surface area contributed by atoms with E-state index < -0.39 is 0 Å². The number of rotatable bonds is 5. The SMILES string of the molecule is COc1ccc([C@H]2C[C@@H](C)N(C(=O)CCCN)C2)cc1. The first kappa shape index (κ1) is 14.9. The second-order valence-corrected chi connectivity index (χ2v) is 5.49. The van der Waals surface area contributed by atoms with E-state index in [0.717, 1.165) is 25.1 Å². The molecule has 1 heterocycles. The van der Waals surface area contributed by atoms with Crippen molar-refractivity contribution < 1.29 is 9.53 Å². The summed E-state index contributed by atoms with van der Waals surface area (Å²) in [5.74, 6) is 1.53. The van der Waals surface area contributed by atoms with Crippen LogP contribution in [-0.2, 0) is 4.79 Å². The molecule has 0 radical (unpaired) electrons. The monoisotopic (exact) mass is 276 g/mol. The number of hydrogen-bond acceptors (Lipinski definition) is 3. The van der Waals surface area contributed by atoms with E-state index in [1.165, 1.54) is 5.56 Å². The van der Waals surface area contributed by atoms with Gasteiger partial charge in [0.1, 0.15) is 5.75 Å². The fourth-order valence-electron chi connectivity index (χ4n) is 2.89. The van der Waals surface area contributed by atoms with Crippen molar-refractivity contribution >= 4 is 5.91 Å². The van der Waals surface area contributed by atoms with Gasteiger partial charge in [-0.3, -0.25) is 4.79 Å². The van der Waals surface area contributed by atoms with Crippen LogP contribution < -0.4 is 10.5 Å². The van der Waals surface area contributed by atoms with E-state index in [-0.39, 0.29) is 5.91 Å². The van der Waals surface area contributed by atoms with Crippen LogP contribution in [0.3, 0.4) is 0 Å². The topological polar surface area (TPSA) is 55.6 Å². The zero-order valence-electron chi connectivity index (χ0n) is 12.3. The van der Waals surface area contributed by atoms with Crippen LogP contribution >= 0.6 is 0 Å². The molecule has 0 spiro atoms. The van der Waals surface area contributed by atoms with Crippen molar-refractivity contribution in [3.63, 3.8) is 0 Å². The quantitative estimate of drug-likeness (QED) is 0.896. The Balaban J connectivity index is 2.00. The predicted molar refractivity (Wildman–Crippen MR) is 79.8 cm³/mol. The average Bonchev–Trinajstić information content (AvgIpc) is 2.87. The Hall–Kier alpha value is -1.55. The molecule has 1 aliphatic heterocycles. The minimum atomic E-state index is 0.235. The number of carbonyl (C=O) groups excluding carboxylic acids is 1. The van der Waals surface area contributed by atoms with Crippen LogP contribution in [0.2, 0.25) is 0 Å². The van der Waals surface area contributed by atoms with Gasteiger partial charge in [0.05, 0.1) is 7.11 Å². The standard InChI is InChI=1S/C16H24N2O2/c1-12-10-14(11-18(12)16(19)4-3-9-17)13-5-7-15(20-2)8-6-13/h5-8,12,14H,3-4,9-11,17H2,1-2H3/t12-,14+/m1/s1. The van der Waals surface area contributed by atoms with E-state index >= 15 is 0 Å². The largest absolute Gasteiger partial charge is 0.497 e. The van der Waals surface area contributed by atoms with Crippen molar-refractivity contribution in [3.8, 4) is 5.75 Å². The van der Waals surface area contributed by atoms with Gasteiger partial charge >= 0.3 is 0 Å². The second kappa shape index (κ2) is 6.75. The maximum Gasteiger partial charge on any atom is 0.222 e. The molecule has 1 amide bonds. The van der Waals surface area contributed by atoms with Crippen molar-refractivity contribution in [2.45, 2.75) is 38.1 Å². The Morgan fingerprint density at radius 1 is 1.40 bits per heavy atom. The van der Waals surface area contributed by atoms with Gasteiger partial charge in [0.15, 0.2) is 0 Å². The number of methoxy groups -OCH3 is 1. The maximum atomic E-state index is 12.1. The van der Waals surface area contributed by atoms with Gasteiger partial charge in [0.2, 0.25) is 5.91 Å². The normalized spacial score (nSPS) is 22.1. The third-order valence-corrected chi connectivity index (χ3v) is 4.08. The zero-order chi connectivity index (χ0) is 14.5. The first-order valence-corrected chi connectivity index (χ1v) is 7.29. The number of ether oxygens (including phenoxy) is 1. The van der Waals surface area contributed by atoms with E-state index in [2.05, 4.69) is 19.1 Å². The Morgan fingerprint density at radius 2 is 2.10 bits per heavy atom. The first-order valence-electron chi connectivity index (χ1n) is 7.29. The summed E-state index contributed by atoms with van der Waals surface area (Å²) in [4.78, 5) is 14.1. The van der Waals surface area contributed by atoms with Crippen LogP contribution in [0.5, 0.6) is 5.75 Å². The molecule has 2 N–H and O–H groups in total. The lowest BCUT2D eigenvalue weighted by Gasteiger charge is -2.21. The molecule has 0 aromatic heterocycles. The Morgan fingerprint density at radius 3 is 2.70 bits per heavy atom. The fraction of sp³-hybridized carbons (Fsp3) is 0.562. The third-order valence-electron chi connectivity index (χ3n) is 4.08. The van der Waals surface area contributed by atoms with Crippen molar-refractivity contribution in [2.24, 2.45) is 5.73 Å². The molecular formula is C16H24N2O2. The van der Waals surface area contributed by atoms with Crippen molar-refractivity contribution in [1.82, 2.24) is 4.90 Å². The molecule has 1 aliphatic rings. The molecule has 1 saturated heterocycles. The maximum absolute atomic E-state index is 12.1. The molecule has 110 valence electrons. The molecule has 1 fully saturated rings. The Kier molecular flexibility index (Phi) is 5.01. The zero-order valence-corrected chi connectivity index (χ0v) is 12.3. The number of benzene rings is 1. The van der Waals surface area contributed by atoms with Crippen LogP contribution in [0.15, 0.2) is 24.3 Å². The summed E-state index contributed by atoms with van der Waals surface area (Å²) in [6.45, 7) is 3.52. The molecule has 1 aromatic rings. The van der Waals surface area contributed by atoms with E-state index in [9.17, 15) is 4.79 Å². The summed E-state index contributed by atoms with van der Waals surface area (Å²) in [6.07, 6.45) is 2.37. The van der Waals surface area contributed by atoms with E-state index in [1.54, 1.807) is 7.11 Å². The lowest BCUT2D eigenvalue weighted by molar-refractivity contribution is -0.131. The minimum Gasteiger partial charge on any atom is -0.497 e. The van der Waals surface area contributed by atoms with Gasteiger partial charge in [-0.2, -0.15) is 0 Å². The van der Waals surface area contributed by atoms with Crippen LogP contribution in [0.25, 0.3) is 0 Å². The van der Waals surface area contributed by atoms with Gasteiger partial charge in [-0.25, -0.2) is 0 Å². The molecule has 4 heteroatoms. The molecular weight excluding hydrogens is 252 g/mol. The van der Waals surface area contributed by atoms with Gasteiger partial charge in [-0.05, 0) is 44.0 Å². The fourth-order valence-corrected chi connectivity index (χ4v) is 2.89. The van der Waals surface area contributed by atoms with E-state index in [4.69, 9.17) is 10.5 Å². The summed E-state index contributed by atoms with van der Waals surface area (Å²) in [7, 11) is 1.67. The second-order valence-electron chi connectivity index (χ2n) is 5.49. The number of hydrogen-bond donors (Lipinski definition) is 1. The highest BCUT2D eigenvalue weighted by Crippen LogP contribution is 2.32. The summed E-state index contributed by atoms with van der Waals surface area (Å²) in [6, 6.07) is 8.48. The van der Waals surface area contributed by atoms with E-state index in [1.807, 2.05) is 17.0 Å². The number of likely N-dealkylation sites (tertiary alicyclic amines) is 1. The third kappa shape index (κ3) is 3.31. The molecule has 0 bridgehead atoms. The summed E-state index contributed by atoms with van der Waals surface area (Å²) in [5.41, 5.74) is 6.76. The molecule has 0 aliphatic carbocycles. The first-order chi connectivity index (χ1) is 9.65. The number of carbonyl (C=O) groups is 1. The summed E-state index contributed by atoms with van der Waals surface area (Å²) in [5, 5.41) is 0. The smallest absolute Gasteiger partial charge is 0.222 e. The highest BCUT2D eigenvalue weighted by molar-refractivity contribution is 5.77. The van der Waals surface area contributed by atoms with E-state index in [0.29, 0.717) is 24.9 Å². The van der Waals surface area contributed by atoms with Crippen LogP contribution in [0.4, 0.5) is 0 Å². The van der Waals surface area contributed by atoms with Crippen LogP contribution in [0, 0.1) is 0 Å².